The van der Waals surface area contributed by atoms with E-state index in [1.807, 2.05) is 17.0 Å². The van der Waals surface area contributed by atoms with Gasteiger partial charge in [-0.05, 0) is 25.0 Å². The van der Waals surface area contributed by atoms with E-state index in [4.69, 9.17) is 5.73 Å². The third-order valence-corrected chi connectivity index (χ3v) is 4.59. The summed E-state index contributed by atoms with van der Waals surface area (Å²) in [5, 5.41) is 0.847. The molecule has 0 saturated carbocycles. The highest BCUT2D eigenvalue weighted by molar-refractivity contribution is 7.16. The van der Waals surface area contributed by atoms with E-state index in [1.165, 1.54) is 11.3 Å². The van der Waals surface area contributed by atoms with Crippen LogP contribution in [0.3, 0.4) is 0 Å². The SMILES string of the molecule is Cl.Cl.NCC1CCCN1C(=O)c1cnc(-c2ccncc2)s1. The molecule has 1 aliphatic heterocycles. The lowest BCUT2D eigenvalue weighted by atomic mass is 10.2. The maximum absolute atomic E-state index is 12.5. The van der Waals surface area contributed by atoms with Crippen molar-refractivity contribution in [3.8, 4) is 10.6 Å². The van der Waals surface area contributed by atoms with Gasteiger partial charge in [0.15, 0.2) is 0 Å². The molecule has 3 heterocycles. The van der Waals surface area contributed by atoms with Crippen molar-refractivity contribution < 1.29 is 4.79 Å². The largest absolute Gasteiger partial charge is 0.334 e. The van der Waals surface area contributed by atoms with E-state index in [-0.39, 0.29) is 36.8 Å². The number of thiazole rings is 1. The van der Waals surface area contributed by atoms with Crippen LogP contribution in [0.25, 0.3) is 10.6 Å². The van der Waals surface area contributed by atoms with Gasteiger partial charge < -0.3 is 10.6 Å². The van der Waals surface area contributed by atoms with Crippen molar-refractivity contribution >= 4 is 42.1 Å². The number of carbonyl (C=O) groups excluding carboxylic acids is 1. The van der Waals surface area contributed by atoms with E-state index in [1.54, 1.807) is 18.6 Å². The molecule has 8 heteroatoms. The number of likely N-dealkylation sites (tertiary alicyclic amines) is 1. The molecule has 0 aromatic carbocycles. The summed E-state index contributed by atoms with van der Waals surface area (Å²) in [5.74, 6) is 0.0516. The molecule has 2 N–H and O–H groups in total. The standard InChI is InChI=1S/C14H16N4OS.2ClH/c15-8-11-2-1-7-18(11)14(19)12-9-17-13(20-12)10-3-5-16-6-4-10;;/h3-6,9,11H,1-2,7-8,15H2;2*1H. The number of rotatable bonds is 3. The smallest absolute Gasteiger partial charge is 0.265 e. The van der Waals surface area contributed by atoms with Crippen molar-refractivity contribution in [1.82, 2.24) is 14.9 Å². The number of hydrogen-bond acceptors (Lipinski definition) is 5. The Morgan fingerprint density at radius 3 is 2.77 bits per heavy atom. The summed E-state index contributed by atoms with van der Waals surface area (Å²) in [7, 11) is 0. The number of pyridine rings is 1. The van der Waals surface area contributed by atoms with Crippen LogP contribution in [0.2, 0.25) is 0 Å². The fourth-order valence-corrected chi connectivity index (χ4v) is 3.37. The average molecular weight is 361 g/mol. The molecule has 1 saturated heterocycles. The lowest BCUT2D eigenvalue weighted by Gasteiger charge is -2.22. The topological polar surface area (TPSA) is 72.1 Å². The van der Waals surface area contributed by atoms with Crippen LogP contribution in [0.5, 0.6) is 0 Å². The van der Waals surface area contributed by atoms with E-state index in [2.05, 4.69) is 9.97 Å². The highest BCUT2D eigenvalue weighted by Gasteiger charge is 2.29. The number of hydrogen-bond donors (Lipinski definition) is 1. The fourth-order valence-electron chi connectivity index (χ4n) is 2.49. The first kappa shape index (κ1) is 18.8. The minimum Gasteiger partial charge on any atom is -0.334 e. The monoisotopic (exact) mass is 360 g/mol. The Balaban J connectivity index is 0.00000121. The van der Waals surface area contributed by atoms with Crippen molar-refractivity contribution in [2.45, 2.75) is 18.9 Å². The molecule has 3 rings (SSSR count). The average Bonchev–Trinajstić information content (AvgIpc) is 3.16. The normalized spacial score (nSPS) is 16.8. The maximum Gasteiger partial charge on any atom is 0.265 e. The van der Waals surface area contributed by atoms with Gasteiger partial charge >= 0.3 is 0 Å². The van der Waals surface area contributed by atoms with Crippen LogP contribution in [0.15, 0.2) is 30.7 Å². The Hall–Kier alpha value is -1.21. The molecule has 1 aliphatic rings. The van der Waals surface area contributed by atoms with Crippen molar-refractivity contribution in [2.75, 3.05) is 13.1 Å². The summed E-state index contributed by atoms with van der Waals surface area (Å²) >= 11 is 1.42. The van der Waals surface area contributed by atoms with Crippen LogP contribution in [0.1, 0.15) is 22.5 Å². The predicted octanol–water partition coefficient (Wildman–Crippen LogP) is 2.61. The highest BCUT2D eigenvalue weighted by atomic mass is 35.5. The van der Waals surface area contributed by atoms with E-state index in [9.17, 15) is 4.79 Å². The number of carbonyl (C=O) groups is 1. The van der Waals surface area contributed by atoms with E-state index in [0.29, 0.717) is 11.4 Å². The lowest BCUT2D eigenvalue weighted by molar-refractivity contribution is 0.0746. The molecule has 1 amide bonds. The Morgan fingerprint density at radius 1 is 1.36 bits per heavy atom. The van der Waals surface area contributed by atoms with Gasteiger partial charge in [-0.1, -0.05) is 0 Å². The van der Waals surface area contributed by atoms with Gasteiger partial charge in [0.25, 0.3) is 5.91 Å². The summed E-state index contributed by atoms with van der Waals surface area (Å²) in [6.45, 7) is 1.32. The minimum atomic E-state index is 0. The van der Waals surface area contributed by atoms with Crippen molar-refractivity contribution in [3.05, 3.63) is 35.6 Å². The number of amides is 1. The van der Waals surface area contributed by atoms with E-state index < -0.39 is 0 Å². The fraction of sp³-hybridized carbons (Fsp3) is 0.357. The third kappa shape index (κ3) is 3.76. The first-order chi connectivity index (χ1) is 9.79. The minimum absolute atomic E-state index is 0. The Bertz CT molecular complexity index is 608. The zero-order valence-electron chi connectivity index (χ0n) is 11.8. The van der Waals surface area contributed by atoms with Crippen molar-refractivity contribution in [1.29, 1.82) is 0 Å². The van der Waals surface area contributed by atoms with Crippen LogP contribution >= 0.6 is 36.2 Å². The Morgan fingerprint density at radius 2 is 2.09 bits per heavy atom. The van der Waals surface area contributed by atoms with Gasteiger partial charge in [-0.15, -0.1) is 36.2 Å². The van der Waals surface area contributed by atoms with Crippen LogP contribution < -0.4 is 5.73 Å². The van der Waals surface area contributed by atoms with Crippen LogP contribution in [0.4, 0.5) is 0 Å². The van der Waals surface area contributed by atoms with E-state index in [0.717, 1.165) is 30.0 Å². The molecule has 1 unspecified atom stereocenters. The van der Waals surface area contributed by atoms with Gasteiger partial charge in [0, 0.05) is 37.1 Å². The molecular weight excluding hydrogens is 343 g/mol. The van der Waals surface area contributed by atoms with Gasteiger partial charge in [-0.3, -0.25) is 9.78 Å². The zero-order valence-corrected chi connectivity index (χ0v) is 14.3. The first-order valence-electron chi connectivity index (χ1n) is 6.67. The quantitative estimate of drug-likeness (QED) is 0.912. The van der Waals surface area contributed by atoms with Crippen LogP contribution in [-0.2, 0) is 0 Å². The van der Waals surface area contributed by atoms with E-state index >= 15 is 0 Å². The second kappa shape index (κ2) is 8.43. The molecule has 0 bridgehead atoms. The summed E-state index contributed by atoms with van der Waals surface area (Å²) in [6, 6.07) is 3.96. The van der Waals surface area contributed by atoms with Gasteiger partial charge in [-0.2, -0.15) is 0 Å². The first-order valence-corrected chi connectivity index (χ1v) is 7.48. The molecule has 1 atom stereocenters. The lowest BCUT2D eigenvalue weighted by Crippen LogP contribution is -2.39. The van der Waals surface area contributed by atoms with Crippen LogP contribution in [-0.4, -0.2) is 39.9 Å². The molecule has 0 radical (unpaired) electrons. The molecule has 0 spiro atoms. The Labute approximate surface area is 145 Å². The summed E-state index contributed by atoms with van der Waals surface area (Å²) < 4.78 is 0. The number of halogens is 2. The molecular formula is C14H18Cl2N4OS. The zero-order chi connectivity index (χ0) is 13.9. The number of aromatic nitrogens is 2. The highest BCUT2D eigenvalue weighted by Crippen LogP contribution is 2.27. The van der Waals surface area contributed by atoms with Gasteiger partial charge in [0.2, 0.25) is 0 Å². The molecule has 5 nitrogen and oxygen atoms in total. The summed E-state index contributed by atoms with van der Waals surface area (Å²) in [4.78, 5) is 23.4. The van der Waals surface area contributed by atoms with Crippen molar-refractivity contribution in [3.63, 3.8) is 0 Å². The number of nitrogens with two attached hydrogens (primary N) is 1. The molecule has 22 heavy (non-hydrogen) atoms. The van der Waals surface area contributed by atoms with Gasteiger partial charge in [0.1, 0.15) is 9.88 Å². The van der Waals surface area contributed by atoms with Gasteiger partial charge in [0.05, 0.1) is 6.20 Å². The second-order valence-corrected chi connectivity index (χ2v) is 5.83. The molecule has 2 aromatic heterocycles. The van der Waals surface area contributed by atoms with Crippen molar-refractivity contribution in [2.24, 2.45) is 5.73 Å². The third-order valence-electron chi connectivity index (χ3n) is 3.55. The predicted molar refractivity (Wildman–Crippen MR) is 93.0 cm³/mol. The molecule has 2 aromatic rings. The summed E-state index contributed by atoms with van der Waals surface area (Å²) in [6.07, 6.45) is 7.14. The number of nitrogens with zero attached hydrogens (tertiary/aromatic N) is 3. The molecule has 0 aliphatic carbocycles. The maximum atomic E-state index is 12.5. The van der Waals surface area contributed by atoms with Gasteiger partial charge in [-0.25, -0.2) is 4.98 Å². The summed E-state index contributed by atoms with van der Waals surface area (Å²) in [5.41, 5.74) is 6.71. The molecule has 120 valence electrons. The molecule has 1 fully saturated rings. The van der Waals surface area contributed by atoms with Crippen LogP contribution in [0, 0.1) is 0 Å². The second-order valence-electron chi connectivity index (χ2n) is 4.80. The Kier molecular flexibility index (Phi) is 7.22.